The van der Waals surface area contributed by atoms with Crippen LogP contribution in [0.5, 0.6) is 0 Å². The Bertz CT molecular complexity index is 593. The van der Waals surface area contributed by atoms with Crippen molar-refractivity contribution in [1.29, 1.82) is 0 Å². The molecule has 0 aliphatic rings. The first-order valence-corrected chi connectivity index (χ1v) is 7.38. The molecule has 21 heavy (non-hydrogen) atoms. The number of nitrogen functional groups attached to an aromatic ring is 1. The minimum Gasteiger partial charge on any atom is -0.398 e. The van der Waals surface area contributed by atoms with Crippen LogP contribution in [0.15, 0.2) is 48.5 Å². The molecule has 0 aliphatic carbocycles. The standard InChI is InChI=1S/C17H19ClN2O/c1-2-20(12-11-13-7-4-3-5-8-13)17(21)16-14(18)9-6-10-15(16)19/h3-10H,2,11-12,19H2,1H3. The minimum absolute atomic E-state index is 0.114. The number of rotatable bonds is 5. The summed E-state index contributed by atoms with van der Waals surface area (Å²) in [5.41, 5.74) is 7.91. The molecule has 0 heterocycles. The molecule has 2 rings (SSSR count). The molecule has 0 atom stereocenters. The van der Waals surface area contributed by atoms with Gasteiger partial charge in [-0.05, 0) is 31.0 Å². The van der Waals surface area contributed by atoms with Crippen LogP contribution in [0.2, 0.25) is 5.02 Å². The number of amides is 1. The molecule has 4 heteroatoms. The number of benzene rings is 2. The van der Waals surface area contributed by atoms with Gasteiger partial charge in [-0.1, -0.05) is 48.0 Å². The largest absolute Gasteiger partial charge is 0.398 e. The van der Waals surface area contributed by atoms with Crippen molar-refractivity contribution in [3.05, 3.63) is 64.7 Å². The molecule has 0 bridgehead atoms. The molecule has 0 spiro atoms. The van der Waals surface area contributed by atoms with Crippen LogP contribution in [0.3, 0.4) is 0 Å². The van der Waals surface area contributed by atoms with E-state index >= 15 is 0 Å². The van der Waals surface area contributed by atoms with Gasteiger partial charge in [-0.15, -0.1) is 0 Å². The fourth-order valence-electron chi connectivity index (χ4n) is 2.24. The Morgan fingerprint density at radius 2 is 1.86 bits per heavy atom. The molecule has 1 amide bonds. The van der Waals surface area contributed by atoms with Crippen molar-refractivity contribution >= 4 is 23.2 Å². The first-order valence-electron chi connectivity index (χ1n) is 7.00. The van der Waals surface area contributed by atoms with Crippen LogP contribution in [0.4, 0.5) is 5.69 Å². The van der Waals surface area contributed by atoms with Gasteiger partial charge in [0.15, 0.2) is 0 Å². The average molecular weight is 303 g/mol. The van der Waals surface area contributed by atoms with E-state index in [1.54, 1.807) is 23.1 Å². The van der Waals surface area contributed by atoms with Gasteiger partial charge in [-0.2, -0.15) is 0 Å². The predicted octanol–water partition coefficient (Wildman–Crippen LogP) is 3.63. The van der Waals surface area contributed by atoms with Crippen LogP contribution in [0.25, 0.3) is 0 Å². The third-order valence-corrected chi connectivity index (χ3v) is 3.76. The Kier molecular flexibility index (Phi) is 5.23. The molecular formula is C17H19ClN2O. The maximum absolute atomic E-state index is 12.6. The van der Waals surface area contributed by atoms with Crippen molar-refractivity contribution in [3.63, 3.8) is 0 Å². The van der Waals surface area contributed by atoms with E-state index in [9.17, 15) is 4.79 Å². The summed E-state index contributed by atoms with van der Waals surface area (Å²) in [7, 11) is 0. The first-order chi connectivity index (χ1) is 10.1. The quantitative estimate of drug-likeness (QED) is 0.857. The number of carbonyl (C=O) groups is 1. The summed E-state index contributed by atoms with van der Waals surface area (Å²) in [6.45, 7) is 3.22. The number of likely N-dealkylation sites (N-methyl/N-ethyl adjacent to an activating group) is 1. The molecular weight excluding hydrogens is 284 g/mol. The van der Waals surface area contributed by atoms with Crippen molar-refractivity contribution in [2.24, 2.45) is 0 Å². The molecule has 3 nitrogen and oxygen atoms in total. The Labute approximate surface area is 130 Å². The highest BCUT2D eigenvalue weighted by Crippen LogP contribution is 2.23. The molecule has 0 saturated heterocycles. The third-order valence-electron chi connectivity index (χ3n) is 3.44. The Morgan fingerprint density at radius 1 is 1.14 bits per heavy atom. The second kappa shape index (κ2) is 7.14. The minimum atomic E-state index is -0.114. The van der Waals surface area contributed by atoms with Crippen molar-refractivity contribution in [2.75, 3.05) is 18.8 Å². The van der Waals surface area contributed by atoms with Crippen molar-refractivity contribution in [2.45, 2.75) is 13.3 Å². The normalized spacial score (nSPS) is 10.4. The zero-order chi connectivity index (χ0) is 15.2. The van der Waals surface area contributed by atoms with Crippen LogP contribution in [-0.2, 0) is 6.42 Å². The van der Waals surface area contributed by atoms with E-state index in [1.165, 1.54) is 5.56 Å². The van der Waals surface area contributed by atoms with Crippen molar-refractivity contribution < 1.29 is 4.79 Å². The van der Waals surface area contributed by atoms with Gasteiger partial charge in [0.2, 0.25) is 0 Å². The molecule has 2 aromatic rings. The lowest BCUT2D eigenvalue weighted by Crippen LogP contribution is -2.33. The van der Waals surface area contributed by atoms with Crippen molar-refractivity contribution in [3.8, 4) is 0 Å². The summed E-state index contributed by atoms with van der Waals surface area (Å²) in [5, 5.41) is 0.401. The number of halogens is 1. The zero-order valence-corrected chi connectivity index (χ0v) is 12.8. The van der Waals surface area contributed by atoms with Gasteiger partial charge >= 0.3 is 0 Å². The first kappa shape index (κ1) is 15.4. The summed E-state index contributed by atoms with van der Waals surface area (Å²) in [5.74, 6) is -0.114. The zero-order valence-electron chi connectivity index (χ0n) is 12.1. The smallest absolute Gasteiger partial charge is 0.257 e. The van der Waals surface area contributed by atoms with E-state index in [-0.39, 0.29) is 5.91 Å². The van der Waals surface area contributed by atoms with Gasteiger partial charge in [0.05, 0.1) is 10.6 Å². The van der Waals surface area contributed by atoms with Gasteiger partial charge in [0, 0.05) is 18.8 Å². The molecule has 2 N–H and O–H groups in total. The fourth-order valence-corrected chi connectivity index (χ4v) is 2.50. The van der Waals surface area contributed by atoms with E-state index in [1.807, 2.05) is 25.1 Å². The predicted molar refractivity (Wildman–Crippen MR) is 87.6 cm³/mol. The molecule has 0 unspecified atom stereocenters. The monoisotopic (exact) mass is 302 g/mol. The summed E-state index contributed by atoms with van der Waals surface area (Å²) in [6, 6.07) is 15.2. The van der Waals surface area contributed by atoms with Crippen LogP contribution in [0, 0.1) is 0 Å². The SMILES string of the molecule is CCN(CCc1ccccc1)C(=O)c1c(N)cccc1Cl. The van der Waals surface area contributed by atoms with Gasteiger partial charge in [-0.3, -0.25) is 4.79 Å². The molecule has 0 radical (unpaired) electrons. The van der Waals surface area contributed by atoms with Gasteiger partial charge in [0.1, 0.15) is 0 Å². The highest BCUT2D eigenvalue weighted by atomic mass is 35.5. The summed E-state index contributed by atoms with van der Waals surface area (Å²) < 4.78 is 0. The Balaban J connectivity index is 2.12. The van der Waals surface area contributed by atoms with E-state index in [4.69, 9.17) is 17.3 Å². The van der Waals surface area contributed by atoms with E-state index in [0.717, 1.165) is 6.42 Å². The number of carbonyl (C=O) groups excluding carboxylic acids is 1. The van der Waals surface area contributed by atoms with E-state index < -0.39 is 0 Å². The molecule has 0 saturated carbocycles. The lowest BCUT2D eigenvalue weighted by atomic mass is 10.1. The second-order valence-electron chi connectivity index (χ2n) is 4.82. The Hall–Kier alpha value is -2.00. The van der Waals surface area contributed by atoms with Crippen LogP contribution < -0.4 is 5.73 Å². The van der Waals surface area contributed by atoms with Gasteiger partial charge in [-0.25, -0.2) is 0 Å². The van der Waals surface area contributed by atoms with E-state index in [0.29, 0.717) is 29.4 Å². The summed E-state index contributed by atoms with van der Waals surface area (Å²) in [6.07, 6.45) is 0.810. The average Bonchev–Trinajstić information content (AvgIpc) is 2.49. The number of hydrogen-bond acceptors (Lipinski definition) is 2. The Morgan fingerprint density at radius 3 is 2.48 bits per heavy atom. The summed E-state index contributed by atoms with van der Waals surface area (Å²) in [4.78, 5) is 14.4. The lowest BCUT2D eigenvalue weighted by Gasteiger charge is -2.22. The number of nitrogens with zero attached hydrogens (tertiary/aromatic N) is 1. The highest BCUT2D eigenvalue weighted by molar-refractivity contribution is 6.34. The molecule has 2 aromatic carbocycles. The maximum Gasteiger partial charge on any atom is 0.257 e. The summed E-state index contributed by atoms with van der Waals surface area (Å²) >= 11 is 6.12. The number of hydrogen-bond donors (Lipinski definition) is 1. The highest BCUT2D eigenvalue weighted by Gasteiger charge is 2.19. The maximum atomic E-state index is 12.6. The molecule has 0 fully saturated rings. The second-order valence-corrected chi connectivity index (χ2v) is 5.23. The van der Waals surface area contributed by atoms with Crippen molar-refractivity contribution in [1.82, 2.24) is 4.90 Å². The van der Waals surface area contributed by atoms with Gasteiger partial charge < -0.3 is 10.6 Å². The number of anilines is 1. The van der Waals surface area contributed by atoms with Crippen LogP contribution in [0.1, 0.15) is 22.8 Å². The third kappa shape index (κ3) is 3.76. The van der Waals surface area contributed by atoms with Crippen LogP contribution >= 0.6 is 11.6 Å². The lowest BCUT2D eigenvalue weighted by molar-refractivity contribution is 0.0767. The molecule has 0 aliphatic heterocycles. The number of nitrogens with two attached hydrogens (primary N) is 1. The van der Waals surface area contributed by atoms with Crippen LogP contribution in [-0.4, -0.2) is 23.9 Å². The fraction of sp³-hybridized carbons (Fsp3) is 0.235. The molecule has 0 aromatic heterocycles. The van der Waals surface area contributed by atoms with E-state index in [2.05, 4.69) is 12.1 Å². The van der Waals surface area contributed by atoms with Gasteiger partial charge in [0.25, 0.3) is 5.91 Å². The molecule has 110 valence electrons. The topological polar surface area (TPSA) is 46.3 Å².